The van der Waals surface area contributed by atoms with Crippen LogP contribution in [-0.4, -0.2) is 47.0 Å². The zero-order valence-electron chi connectivity index (χ0n) is 19.0. The van der Waals surface area contributed by atoms with Crippen LogP contribution in [0.15, 0.2) is 43.4 Å². The van der Waals surface area contributed by atoms with Gasteiger partial charge in [-0.3, -0.25) is 19.5 Å². The SMILES string of the molecule is C=CC(=O)NC1CCCC1NC(=O)c1sc2nccc3c2c1NC(=O)N3c1cncc(COC)c1. The zero-order valence-corrected chi connectivity index (χ0v) is 19.9. The van der Waals surface area contributed by atoms with Crippen LogP contribution >= 0.6 is 11.3 Å². The minimum absolute atomic E-state index is 0.166. The summed E-state index contributed by atoms with van der Waals surface area (Å²) in [6.45, 7) is 3.85. The number of amides is 4. The summed E-state index contributed by atoms with van der Waals surface area (Å²) in [5, 5.41) is 9.50. The molecular formula is C24H24N6O4S. The molecule has 3 N–H and O–H groups in total. The van der Waals surface area contributed by atoms with Gasteiger partial charge in [-0.05, 0) is 43.0 Å². The summed E-state index contributed by atoms with van der Waals surface area (Å²) in [4.78, 5) is 49.5. The van der Waals surface area contributed by atoms with Gasteiger partial charge in [0.25, 0.3) is 5.91 Å². The number of anilines is 3. The first-order valence-electron chi connectivity index (χ1n) is 11.2. The number of hydrogen-bond donors (Lipinski definition) is 3. The Morgan fingerprint density at radius 3 is 2.89 bits per heavy atom. The summed E-state index contributed by atoms with van der Waals surface area (Å²) in [5.74, 6) is -0.574. The molecule has 0 bridgehead atoms. The normalized spacial score (nSPS) is 18.9. The molecule has 4 heterocycles. The minimum Gasteiger partial charge on any atom is -0.380 e. The number of rotatable bonds is 7. The van der Waals surface area contributed by atoms with Crippen molar-refractivity contribution in [3.05, 3.63) is 53.8 Å². The van der Waals surface area contributed by atoms with Crippen molar-refractivity contribution in [2.45, 2.75) is 38.0 Å². The maximum atomic E-state index is 13.3. The second kappa shape index (κ2) is 9.43. The van der Waals surface area contributed by atoms with E-state index in [1.165, 1.54) is 22.3 Å². The quantitative estimate of drug-likeness (QED) is 0.434. The summed E-state index contributed by atoms with van der Waals surface area (Å²) in [5.41, 5.74) is 2.48. The molecular weight excluding hydrogens is 468 g/mol. The van der Waals surface area contributed by atoms with E-state index < -0.39 is 6.03 Å². The van der Waals surface area contributed by atoms with E-state index >= 15 is 0 Å². The lowest BCUT2D eigenvalue weighted by atomic mass is 10.1. The van der Waals surface area contributed by atoms with Crippen molar-refractivity contribution in [1.29, 1.82) is 0 Å². The van der Waals surface area contributed by atoms with Crippen molar-refractivity contribution in [1.82, 2.24) is 20.6 Å². The highest BCUT2D eigenvalue weighted by atomic mass is 32.1. The number of aromatic nitrogens is 2. The van der Waals surface area contributed by atoms with Crippen molar-refractivity contribution in [2.75, 3.05) is 17.3 Å². The van der Waals surface area contributed by atoms with Gasteiger partial charge in [-0.25, -0.2) is 9.78 Å². The lowest BCUT2D eigenvalue weighted by Gasteiger charge is -2.28. The Kier molecular flexibility index (Phi) is 6.18. The second-order valence-corrected chi connectivity index (χ2v) is 9.40. The number of thiophene rings is 1. The first-order chi connectivity index (χ1) is 17.0. The van der Waals surface area contributed by atoms with E-state index in [1.54, 1.807) is 31.8 Å². The minimum atomic E-state index is -0.397. The first kappa shape index (κ1) is 22.9. The van der Waals surface area contributed by atoms with E-state index in [1.807, 2.05) is 6.07 Å². The average Bonchev–Trinajstić information content (AvgIpc) is 3.44. The van der Waals surface area contributed by atoms with Crippen LogP contribution in [0.5, 0.6) is 0 Å². The summed E-state index contributed by atoms with van der Waals surface area (Å²) in [6.07, 6.45) is 8.55. The second-order valence-electron chi connectivity index (χ2n) is 8.40. The van der Waals surface area contributed by atoms with Gasteiger partial charge in [-0.2, -0.15) is 0 Å². The van der Waals surface area contributed by atoms with Gasteiger partial charge < -0.3 is 20.7 Å². The molecule has 0 spiro atoms. The van der Waals surface area contributed by atoms with Gasteiger partial charge >= 0.3 is 6.03 Å². The molecule has 0 saturated heterocycles. The number of ether oxygens (including phenoxy) is 1. The molecule has 1 fully saturated rings. The maximum absolute atomic E-state index is 13.3. The lowest BCUT2D eigenvalue weighted by Crippen LogP contribution is -2.48. The Morgan fingerprint density at radius 2 is 2.11 bits per heavy atom. The highest BCUT2D eigenvalue weighted by Gasteiger charge is 2.35. The van der Waals surface area contributed by atoms with Crippen molar-refractivity contribution < 1.29 is 19.1 Å². The third kappa shape index (κ3) is 4.24. The molecule has 1 saturated carbocycles. The Labute approximate surface area is 205 Å². The number of nitrogens with one attached hydrogen (secondary N) is 3. The summed E-state index contributed by atoms with van der Waals surface area (Å²) >= 11 is 1.22. The van der Waals surface area contributed by atoms with Crippen LogP contribution in [0.2, 0.25) is 0 Å². The molecule has 2 aliphatic rings. The average molecular weight is 493 g/mol. The van der Waals surface area contributed by atoms with E-state index in [0.717, 1.165) is 24.8 Å². The van der Waals surface area contributed by atoms with Crippen molar-refractivity contribution in [3.8, 4) is 0 Å². The Bertz CT molecular complexity index is 1340. The molecule has 3 aromatic heterocycles. The molecule has 5 rings (SSSR count). The van der Waals surface area contributed by atoms with E-state index in [4.69, 9.17) is 4.74 Å². The van der Waals surface area contributed by atoms with E-state index in [-0.39, 0.29) is 23.9 Å². The smallest absolute Gasteiger partial charge is 0.331 e. The topological polar surface area (TPSA) is 126 Å². The third-order valence-corrected chi connectivity index (χ3v) is 7.24. The molecule has 4 amide bonds. The number of urea groups is 1. The molecule has 0 aromatic carbocycles. The van der Waals surface area contributed by atoms with E-state index in [2.05, 4.69) is 32.5 Å². The monoisotopic (exact) mass is 492 g/mol. The molecule has 2 atom stereocenters. The molecule has 3 aromatic rings. The number of carbonyl (C=O) groups is 3. The Hall–Kier alpha value is -3.83. The third-order valence-electron chi connectivity index (χ3n) is 6.15. The van der Waals surface area contributed by atoms with Crippen LogP contribution < -0.4 is 20.9 Å². The van der Waals surface area contributed by atoms with Gasteiger partial charge in [0, 0.05) is 31.6 Å². The van der Waals surface area contributed by atoms with Crippen LogP contribution in [0.3, 0.4) is 0 Å². The summed E-state index contributed by atoms with van der Waals surface area (Å²) < 4.78 is 5.19. The fourth-order valence-electron chi connectivity index (χ4n) is 4.62. The fourth-order valence-corrected chi connectivity index (χ4v) is 5.65. The molecule has 35 heavy (non-hydrogen) atoms. The number of methoxy groups -OCH3 is 1. The number of nitrogens with zero attached hydrogens (tertiary/aromatic N) is 3. The van der Waals surface area contributed by atoms with Gasteiger partial charge in [0.1, 0.15) is 9.71 Å². The van der Waals surface area contributed by atoms with E-state index in [0.29, 0.717) is 38.8 Å². The zero-order chi connectivity index (χ0) is 24.5. The molecule has 1 aliphatic carbocycles. The largest absolute Gasteiger partial charge is 0.380 e. The number of hydrogen-bond acceptors (Lipinski definition) is 7. The highest BCUT2D eigenvalue weighted by molar-refractivity contribution is 7.21. The van der Waals surface area contributed by atoms with Crippen LogP contribution in [0.1, 0.15) is 34.5 Å². The summed E-state index contributed by atoms with van der Waals surface area (Å²) in [7, 11) is 1.60. The molecule has 11 heteroatoms. The Balaban J connectivity index is 1.48. The molecule has 1 aliphatic heterocycles. The van der Waals surface area contributed by atoms with Gasteiger partial charge in [0.05, 0.1) is 35.3 Å². The number of carbonyl (C=O) groups excluding carboxylic acids is 3. The van der Waals surface area contributed by atoms with Crippen LogP contribution in [0, 0.1) is 0 Å². The van der Waals surface area contributed by atoms with Gasteiger partial charge in [0.15, 0.2) is 0 Å². The predicted octanol–water partition coefficient (Wildman–Crippen LogP) is 3.47. The lowest BCUT2D eigenvalue weighted by molar-refractivity contribution is -0.117. The molecule has 10 nitrogen and oxygen atoms in total. The van der Waals surface area contributed by atoms with Crippen LogP contribution in [0.25, 0.3) is 10.2 Å². The fraction of sp³-hybridized carbons (Fsp3) is 0.292. The first-order valence-corrected chi connectivity index (χ1v) is 12.0. The van der Waals surface area contributed by atoms with Gasteiger partial charge in [-0.15, -0.1) is 11.3 Å². The predicted molar refractivity (Wildman–Crippen MR) is 133 cm³/mol. The number of pyridine rings is 2. The van der Waals surface area contributed by atoms with Gasteiger partial charge in [-0.1, -0.05) is 6.58 Å². The molecule has 2 unspecified atom stereocenters. The summed E-state index contributed by atoms with van der Waals surface area (Å²) in [6, 6.07) is 2.82. The van der Waals surface area contributed by atoms with E-state index in [9.17, 15) is 14.4 Å². The van der Waals surface area contributed by atoms with Crippen LogP contribution in [-0.2, 0) is 16.1 Å². The highest BCUT2D eigenvalue weighted by Crippen LogP contribution is 2.45. The van der Waals surface area contributed by atoms with Crippen molar-refractivity contribution >= 4 is 56.5 Å². The van der Waals surface area contributed by atoms with Crippen LogP contribution in [0.4, 0.5) is 21.9 Å². The van der Waals surface area contributed by atoms with Gasteiger partial charge in [0.2, 0.25) is 5.91 Å². The van der Waals surface area contributed by atoms with Crippen molar-refractivity contribution in [3.63, 3.8) is 0 Å². The maximum Gasteiger partial charge on any atom is 0.331 e. The van der Waals surface area contributed by atoms with Crippen molar-refractivity contribution in [2.24, 2.45) is 0 Å². The molecule has 180 valence electrons. The Morgan fingerprint density at radius 1 is 1.31 bits per heavy atom. The molecule has 0 radical (unpaired) electrons. The standard InChI is InChI=1S/C24H24N6O4S/c1-3-18(31)27-15-5-4-6-16(15)28-22(32)21-20-19-17(7-8-26-23(19)35-21)30(24(33)29-20)14-9-13(12-34-2)10-25-11-14/h3,7-11,15-16H,1,4-6,12H2,2H3,(H,27,31)(H,28,32)(H,29,33).